The number of ether oxygens (including phenoxy) is 1. The van der Waals surface area contributed by atoms with Crippen molar-refractivity contribution in [2.24, 2.45) is 0 Å². The van der Waals surface area contributed by atoms with Gasteiger partial charge in [-0.05, 0) is 25.0 Å². The zero-order valence-electron chi connectivity index (χ0n) is 9.64. The van der Waals surface area contributed by atoms with Crippen LogP contribution in [-0.2, 0) is 4.84 Å². The van der Waals surface area contributed by atoms with E-state index in [0.29, 0.717) is 13.2 Å². The van der Waals surface area contributed by atoms with Gasteiger partial charge in [0.25, 0.3) is 5.91 Å². The minimum atomic E-state index is -2.96. The second-order valence-corrected chi connectivity index (χ2v) is 3.82. The minimum absolute atomic E-state index is 0.0831. The molecular formula is C12H13F2NO3. The molecule has 1 aromatic carbocycles. The van der Waals surface area contributed by atoms with E-state index >= 15 is 0 Å². The summed E-state index contributed by atoms with van der Waals surface area (Å²) in [6.45, 7) is -2.04. The Kier molecular flexibility index (Phi) is 4.09. The van der Waals surface area contributed by atoms with Gasteiger partial charge in [-0.3, -0.25) is 9.63 Å². The molecule has 0 radical (unpaired) electrons. The third-order valence-corrected chi connectivity index (χ3v) is 2.56. The lowest BCUT2D eigenvalue weighted by Crippen LogP contribution is -2.36. The Morgan fingerprint density at radius 2 is 2.11 bits per heavy atom. The number of alkyl halides is 2. The summed E-state index contributed by atoms with van der Waals surface area (Å²) in [5.74, 6) is -0.586. The molecule has 0 aliphatic carbocycles. The van der Waals surface area contributed by atoms with E-state index in [1.54, 1.807) is 6.07 Å². The summed E-state index contributed by atoms with van der Waals surface area (Å²) in [5.41, 5.74) is 0.0831. The molecule has 1 aliphatic rings. The molecule has 0 unspecified atom stereocenters. The van der Waals surface area contributed by atoms with Gasteiger partial charge in [0, 0.05) is 6.54 Å². The zero-order chi connectivity index (χ0) is 13.0. The minimum Gasteiger partial charge on any atom is -0.434 e. The third-order valence-electron chi connectivity index (χ3n) is 2.56. The van der Waals surface area contributed by atoms with Crippen molar-refractivity contribution >= 4 is 5.91 Å². The van der Waals surface area contributed by atoms with Gasteiger partial charge >= 0.3 is 6.61 Å². The number of halogens is 2. The molecule has 4 nitrogen and oxygen atoms in total. The molecule has 1 heterocycles. The van der Waals surface area contributed by atoms with E-state index in [1.807, 2.05) is 0 Å². The number of carbonyl (C=O) groups is 1. The van der Waals surface area contributed by atoms with E-state index in [2.05, 4.69) is 4.74 Å². The molecule has 0 N–H and O–H groups in total. The molecule has 0 saturated carbocycles. The number of hydrogen-bond acceptors (Lipinski definition) is 3. The normalized spacial score (nSPS) is 15.8. The van der Waals surface area contributed by atoms with Crippen LogP contribution < -0.4 is 4.74 Å². The number of nitrogens with zero attached hydrogens (tertiary/aromatic N) is 1. The highest BCUT2D eigenvalue weighted by molar-refractivity contribution is 5.96. The van der Waals surface area contributed by atoms with Gasteiger partial charge in [-0.1, -0.05) is 12.1 Å². The van der Waals surface area contributed by atoms with E-state index in [4.69, 9.17) is 4.84 Å². The van der Waals surface area contributed by atoms with Crippen LogP contribution in [-0.4, -0.2) is 30.7 Å². The average Bonchev–Trinajstić information content (AvgIpc) is 2.39. The summed E-state index contributed by atoms with van der Waals surface area (Å²) >= 11 is 0. The molecule has 2 rings (SSSR count). The van der Waals surface area contributed by atoms with Crippen molar-refractivity contribution in [3.05, 3.63) is 29.8 Å². The summed E-state index contributed by atoms with van der Waals surface area (Å²) in [7, 11) is 0. The van der Waals surface area contributed by atoms with E-state index in [9.17, 15) is 13.6 Å². The number of amides is 1. The maximum absolute atomic E-state index is 12.2. The number of benzene rings is 1. The topological polar surface area (TPSA) is 38.8 Å². The molecule has 0 aromatic heterocycles. The predicted molar refractivity (Wildman–Crippen MR) is 59.3 cm³/mol. The SMILES string of the molecule is O=C(c1ccccc1OC(F)F)N1CCCCO1. The Bertz CT molecular complexity index is 420. The molecule has 98 valence electrons. The van der Waals surface area contributed by atoms with Crippen molar-refractivity contribution in [1.29, 1.82) is 0 Å². The number of hydrogen-bond donors (Lipinski definition) is 0. The lowest BCUT2D eigenvalue weighted by atomic mass is 10.1. The first-order valence-electron chi connectivity index (χ1n) is 5.67. The van der Waals surface area contributed by atoms with Crippen LogP contribution in [0.4, 0.5) is 8.78 Å². The Morgan fingerprint density at radius 1 is 1.33 bits per heavy atom. The predicted octanol–water partition coefficient (Wildman–Crippen LogP) is 2.46. The molecule has 6 heteroatoms. The molecule has 18 heavy (non-hydrogen) atoms. The van der Waals surface area contributed by atoms with Gasteiger partial charge in [-0.15, -0.1) is 0 Å². The lowest BCUT2D eigenvalue weighted by molar-refractivity contribution is -0.144. The summed E-state index contributed by atoms with van der Waals surface area (Å²) in [4.78, 5) is 17.3. The summed E-state index contributed by atoms with van der Waals surface area (Å²) in [6.07, 6.45) is 1.72. The van der Waals surface area contributed by atoms with Gasteiger partial charge in [0.1, 0.15) is 5.75 Å². The van der Waals surface area contributed by atoms with Crippen molar-refractivity contribution in [2.45, 2.75) is 19.5 Å². The van der Waals surface area contributed by atoms with Crippen molar-refractivity contribution < 1.29 is 23.1 Å². The number of para-hydroxylation sites is 1. The van der Waals surface area contributed by atoms with Crippen LogP contribution in [0.5, 0.6) is 5.75 Å². The molecule has 1 aromatic rings. The molecule has 0 atom stereocenters. The molecule has 1 amide bonds. The second-order valence-electron chi connectivity index (χ2n) is 3.82. The Morgan fingerprint density at radius 3 is 2.78 bits per heavy atom. The highest BCUT2D eigenvalue weighted by Gasteiger charge is 2.23. The second kappa shape index (κ2) is 5.77. The number of rotatable bonds is 3. The first-order valence-corrected chi connectivity index (χ1v) is 5.67. The Hall–Kier alpha value is -1.69. The van der Waals surface area contributed by atoms with Gasteiger partial charge in [-0.2, -0.15) is 8.78 Å². The van der Waals surface area contributed by atoms with Crippen molar-refractivity contribution in [3.63, 3.8) is 0 Å². The Labute approximate surface area is 103 Å². The summed E-state index contributed by atoms with van der Waals surface area (Å²) in [5, 5.41) is 1.19. The van der Waals surface area contributed by atoms with Crippen LogP contribution >= 0.6 is 0 Å². The lowest BCUT2D eigenvalue weighted by Gasteiger charge is -2.26. The highest BCUT2D eigenvalue weighted by atomic mass is 19.3. The van der Waals surface area contributed by atoms with Gasteiger partial charge < -0.3 is 4.74 Å². The number of carbonyl (C=O) groups excluding carboxylic acids is 1. The monoisotopic (exact) mass is 257 g/mol. The largest absolute Gasteiger partial charge is 0.434 e. The average molecular weight is 257 g/mol. The maximum Gasteiger partial charge on any atom is 0.387 e. The van der Waals surface area contributed by atoms with Crippen LogP contribution in [0.1, 0.15) is 23.2 Å². The first kappa shape index (κ1) is 12.8. The van der Waals surface area contributed by atoms with E-state index in [1.165, 1.54) is 23.3 Å². The standard InChI is InChI=1S/C12H13F2NO3/c13-12(14)18-10-6-2-1-5-9(10)11(16)15-7-3-4-8-17-15/h1-2,5-6,12H,3-4,7-8H2. The molecule has 1 saturated heterocycles. The van der Waals surface area contributed by atoms with Crippen LogP contribution in [0.15, 0.2) is 24.3 Å². The fourth-order valence-electron chi connectivity index (χ4n) is 1.73. The van der Waals surface area contributed by atoms with Crippen LogP contribution in [0, 0.1) is 0 Å². The van der Waals surface area contributed by atoms with Crippen LogP contribution in [0.3, 0.4) is 0 Å². The van der Waals surface area contributed by atoms with Crippen LogP contribution in [0.2, 0.25) is 0 Å². The molecule has 0 spiro atoms. The first-order chi connectivity index (χ1) is 8.68. The van der Waals surface area contributed by atoms with E-state index in [-0.39, 0.29) is 11.3 Å². The molecular weight excluding hydrogens is 244 g/mol. The van der Waals surface area contributed by atoms with E-state index < -0.39 is 12.5 Å². The van der Waals surface area contributed by atoms with Crippen molar-refractivity contribution in [3.8, 4) is 5.75 Å². The Balaban J connectivity index is 2.18. The third kappa shape index (κ3) is 2.95. The van der Waals surface area contributed by atoms with Gasteiger partial charge in [0.05, 0.1) is 12.2 Å². The van der Waals surface area contributed by atoms with Gasteiger partial charge in [0.2, 0.25) is 0 Å². The fourth-order valence-corrected chi connectivity index (χ4v) is 1.73. The van der Waals surface area contributed by atoms with Crippen molar-refractivity contribution in [1.82, 2.24) is 5.06 Å². The maximum atomic E-state index is 12.2. The summed E-state index contributed by atoms with van der Waals surface area (Å²) < 4.78 is 28.8. The van der Waals surface area contributed by atoms with Gasteiger partial charge in [-0.25, -0.2) is 5.06 Å². The van der Waals surface area contributed by atoms with Crippen LogP contribution in [0.25, 0.3) is 0 Å². The quantitative estimate of drug-likeness (QED) is 0.834. The van der Waals surface area contributed by atoms with Crippen molar-refractivity contribution in [2.75, 3.05) is 13.2 Å². The zero-order valence-corrected chi connectivity index (χ0v) is 9.64. The molecule has 1 aliphatic heterocycles. The molecule has 0 bridgehead atoms. The molecule has 1 fully saturated rings. The summed E-state index contributed by atoms with van der Waals surface area (Å²) in [6, 6.07) is 5.91. The van der Waals surface area contributed by atoms with E-state index in [0.717, 1.165) is 12.8 Å². The highest BCUT2D eigenvalue weighted by Crippen LogP contribution is 2.23. The smallest absolute Gasteiger partial charge is 0.387 e. The fraction of sp³-hybridized carbons (Fsp3) is 0.417. The number of hydroxylamine groups is 2. The van der Waals surface area contributed by atoms with Gasteiger partial charge in [0.15, 0.2) is 0 Å².